The van der Waals surface area contributed by atoms with Gasteiger partial charge in [0.2, 0.25) is 5.91 Å². The minimum Gasteiger partial charge on any atom is -0.486 e. The lowest BCUT2D eigenvalue weighted by molar-refractivity contribution is -0.129. The highest BCUT2D eigenvalue weighted by molar-refractivity contribution is 5.85. The summed E-state index contributed by atoms with van der Waals surface area (Å²) >= 11 is 0. The maximum absolute atomic E-state index is 11.8. The van der Waals surface area contributed by atoms with Gasteiger partial charge in [0.15, 0.2) is 11.5 Å². The Labute approximate surface area is 111 Å². The summed E-state index contributed by atoms with van der Waals surface area (Å²) in [6.07, 6.45) is 0. The van der Waals surface area contributed by atoms with Crippen LogP contribution in [-0.4, -0.2) is 50.7 Å². The molecule has 19 heavy (non-hydrogen) atoms. The summed E-state index contributed by atoms with van der Waals surface area (Å²) in [4.78, 5) is 15.5. The standard InChI is InChI=1S/C13H17N3O3/c1-15-2-3-16(8-13(15)17)10-7-12-11(6-9(10)14)18-4-5-19-12/h6-7H,2-5,8,14H2,1H3. The fourth-order valence-electron chi connectivity index (χ4n) is 2.33. The summed E-state index contributed by atoms with van der Waals surface area (Å²) in [6.45, 7) is 2.90. The van der Waals surface area contributed by atoms with E-state index in [9.17, 15) is 4.79 Å². The van der Waals surface area contributed by atoms with Gasteiger partial charge >= 0.3 is 0 Å². The van der Waals surface area contributed by atoms with E-state index in [1.807, 2.05) is 18.0 Å². The van der Waals surface area contributed by atoms with Gasteiger partial charge in [0.1, 0.15) is 13.2 Å². The highest BCUT2D eigenvalue weighted by atomic mass is 16.6. The molecule has 2 heterocycles. The second-order valence-electron chi connectivity index (χ2n) is 4.79. The first-order chi connectivity index (χ1) is 9.15. The van der Waals surface area contributed by atoms with E-state index in [1.165, 1.54) is 0 Å². The molecule has 0 saturated carbocycles. The Morgan fingerprint density at radius 1 is 1.16 bits per heavy atom. The van der Waals surface area contributed by atoms with E-state index < -0.39 is 0 Å². The summed E-state index contributed by atoms with van der Waals surface area (Å²) in [5.41, 5.74) is 7.50. The van der Waals surface area contributed by atoms with Crippen LogP contribution in [0.3, 0.4) is 0 Å². The van der Waals surface area contributed by atoms with Crippen LogP contribution in [0.5, 0.6) is 11.5 Å². The predicted molar refractivity (Wildman–Crippen MR) is 71.7 cm³/mol. The van der Waals surface area contributed by atoms with Gasteiger partial charge in [0, 0.05) is 32.3 Å². The zero-order valence-electron chi connectivity index (χ0n) is 10.9. The van der Waals surface area contributed by atoms with E-state index in [1.54, 1.807) is 11.0 Å². The first kappa shape index (κ1) is 12.0. The summed E-state index contributed by atoms with van der Waals surface area (Å²) in [7, 11) is 1.81. The molecule has 1 aromatic rings. The maximum Gasteiger partial charge on any atom is 0.241 e. The van der Waals surface area contributed by atoms with Crippen LogP contribution in [-0.2, 0) is 4.79 Å². The Bertz CT molecular complexity index is 518. The number of piperazine rings is 1. The minimum absolute atomic E-state index is 0.0977. The van der Waals surface area contributed by atoms with Crippen LogP contribution in [0.4, 0.5) is 11.4 Å². The molecule has 2 N–H and O–H groups in total. The van der Waals surface area contributed by atoms with Gasteiger partial charge in [0.25, 0.3) is 0 Å². The number of rotatable bonds is 1. The molecule has 6 heteroatoms. The van der Waals surface area contributed by atoms with Crippen LogP contribution in [0, 0.1) is 0 Å². The second-order valence-corrected chi connectivity index (χ2v) is 4.79. The van der Waals surface area contributed by atoms with Gasteiger partial charge in [-0.1, -0.05) is 0 Å². The zero-order valence-corrected chi connectivity index (χ0v) is 10.9. The number of carbonyl (C=O) groups is 1. The lowest BCUT2D eigenvalue weighted by Gasteiger charge is -2.34. The third kappa shape index (κ3) is 2.14. The highest BCUT2D eigenvalue weighted by Crippen LogP contribution is 2.38. The van der Waals surface area contributed by atoms with Crippen LogP contribution < -0.4 is 20.1 Å². The molecule has 1 amide bonds. The number of nitrogen functional groups attached to an aromatic ring is 1. The van der Waals surface area contributed by atoms with Crippen LogP contribution in [0.15, 0.2) is 12.1 Å². The third-order valence-corrected chi connectivity index (χ3v) is 3.49. The van der Waals surface area contributed by atoms with Crippen LogP contribution in [0.2, 0.25) is 0 Å². The van der Waals surface area contributed by atoms with E-state index >= 15 is 0 Å². The Balaban J connectivity index is 1.90. The number of hydrogen-bond acceptors (Lipinski definition) is 5. The summed E-state index contributed by atoms with van der Waals surface area (Å²) in [5.74, 6) is 1.47. The van der Waals surface area contributed by atoms with Crippen LogP contribution in [0.25, 0.3) is 0 Å². The van der Waals surface area contributed by atoms with E-state index in [0.29, 0.717) is 43.5 Å². The molecule has 2 aliphatic rings. The summed E-state index contributed by atoms with van der Waals surface area (Å²) in [6, 6.07) is 3.63. The van der Waals surface area contributed by atoms with Crippen molar-refractivity contribution < 1.29 is 14.3 Å². The minimum atomic E-state index is 0.0977. The predicted octanol–water partition coefficient (Wildman–Crippen LogP) is 0.318. The number of nitrogens with zero attached hydrogens (tertiary/aromatic N) is 2. The van der Waals surface area contributed by atoms with Crippen molar-refractivity contribution in [3.63, 3.8) is 0 Å². The molecular formula is C13H17N3O3. The molecule has 0 unspecified atom stereocenters. The Morgan fingerprint density at radius 2 is 1.84 bits per heavy atom. The normalized spacial score (nSPS) is 18.7. The van der Waals surface area contributed by atoms with Gasteiger partial charge in [-0.25, -0.2) is 0 Å². The van der Waals surface area contributed by atoms with Crippen LogP contribution >= 0.6 is 0 Å². The van der Waals surface area contributed by atoms with Gasteiger partial charge in [-0.3, -0.25) is 4.79 Å². The van der Waals surface area contributed by atoms with Crippen LogP contribution in [0.1, 0.15) is 0 Å². The van der Waals surface area contributed by atoms with Gasteiger partial charge in [-0.2, -0.15) is 0 Å². The largest absolute Gasteiger partial charge is 0.486 e. The summed E-state index contributed by atoms with van der Waals surface area (Å²) < 4.78 is 11.0. The molecule has 0 aromatic heterocycles. The number of carbonyl (C=O) groups excluding carboxylic acids is 1. The van der Waals surface area contributed by atoms with Crippen molar-refractivity contribution in [2.45, 2.75) is 0 Å². The zero-order chi connectivity index (χ0) is 13.4. The molecule has 1 fully saturated rings. The van der Waals surface area contributed by atoms with E-state index in [0.717, 1.165) is 12.2 Å². The van der Waals surface area contributed by atoms with Crippen molar-refractivity contribution >= 4 is 17.3 Å². The highest BCUT2D eigenvalue weighted by Gasteiger charge is 2.24. The fourth-order valence-corrected chi connectivity index (χ4v) is 2.33. The molecule has 1 saturated heterocycles. The molecule has 102 valence electrons. The molecule has 0 atom stereocenters. The van der Waals surface area contributed by atoms with E-state index in [-0.39, 0.29) is 5.91 Å². The van der Waals surface area contributed by atoms with Gasteiger partial charge in [-0.05, 0) is 0 Å². The molecule has 3 rings (SSSR count). The first-order valence-electron chi connectivity index (χ1n) is 6.33. The second kappa shape index (κ2) is 4.53. The number of likely N-dealkylation sites (N-methyl/N-ethyl adjacent to an activating group) is 1. The van der Waals surface area contributed by atoms with Gasteiger partial charge in [0.05, 0.1) is 17.9 Å². The van der Waals surface area contributed by atoms with Crippen molar-refractivity contribution in [1.82, 2.24) is 4.90 Å². The number of anilines is 2. The number of amides is 1. The molecule has 6 nitrogen and oxygen atoms in total. The van der Waals surface area contributed by atoms with E-state index in [4.69, 9.17) is 15.2 Å². The number of benzene rings is 1. The molecule has 0 spiro atoms. The Hall–Kier alpha value is -2.11. The molecule has 2 aliphatic heterocycles. The number of fused-ring (bicyclic) bond motifs is 1. The third-order valence-electron chi connectivity index (χ3n) is 3.49. The Morgan fingerprint density at radius 3 is 2.53 bits per heavy atom. The van der Waals surface area contributed by atoms with Crippen molar-refractivity contribution in [3.05, 3.63) is 12.1 Å². The number of hydrogen-bond donors (Lipinski definition) is 1. The smallest absolute Gasteiger partial charge is 0.241 e. The molecule has 0 aliphatic carbocycles. The SMILES string of the molecule is CN1CCN(c2cc3c(cc2N)OCCO3)CC1=O. The average molecular weight is 263 g/mol. The van der Waals surface area contributed by atoms with Crippen molar-refractivity contribution in [2.75, 3.05) is 50.5 Å². The average Bonchev–Trinajstić information content (AvgIpc) is 2.41. The van der Waals surface area contributed by atoms with Crippen molar-refractivity contribution in [3.8, 4) is 11.5 Å². The van der Waals surface area contributed by atoms with Gasteiger partial charge in [-0.15, -0.1) is 0 Å². The van der Waals surface area contributed by atoms with E-state index in [2.05, 4.69) is 0 Å². The van der Waals surface area contributed by atoms with Crippen molar-refractivity contribution in [1.29, 1.82) is 0 Å². The number of nitrogens with two attached hydrogens (primary N) is 1. The fraction of sp³-hybridized carbons (Fsp3) is 0.462. The number of ether oxygens (including phenoxy) is 2. The lowest BCUT2D eigenvalue weighted by Crippen LogP contribution is -2.48. The molecule has 1 aromatic carbocycles. The van der Waals surface area contributed by atoms with Gasteiger partial charge < -0.3 is 25.0 Å². The monoisotopic (exact) mass is 263 g/mol. The maximum atomic E-state index is 11.8. The quantitative estimate of drug-likeness (QED) is 0.739. The Kier molecular flexibility index (Phi) is 2.85. The molecule has 0 radical (unpaired) electrons. The first-order valence-corrected chi connectivity index (χ1v) is 6.33. The topological polar surface area (TPSA) is 68.0 Å². The van der Waals surface area contributed by atoms with Crippen molar-refractivity contribution in [2.24, 2.45) is 0 Å². The lowest BCUT2D eigenvalue weighted by atomic mass is 10.2. The molecular weight excluding hydrogens is 246 g/mol. The molecule has 0 bridgehead atoms. The summed E-state index contributed by atoms with van der Waals surface area (Å²) in [5, 5.41) is 0.